The largest absolute Gasteiger partial charge is 0.381 e. The van der Waals surface area contributed by atoms with Gasteiger partial charge in [0.15, 0.2) is 0 Å². The number of imidazole rings is 1. The van der Waals surface area contributed by atoms with Crippen LogP contribution in [0.15, 0.2) is 67.0 Å². The lowest BCUT2D eigenvalue weighted by atomic mass is 10.1. The molecule has 162 valence electrons. The molecule has 0 aliphatic carbocycles. The van der Waals surface area contributed by atoms with E-state index >= 15 is 0 Å². The smallest absolute Gasteiger partial charge is 0.145 e. The second kappa shape index (κ2) is 11.6. The summed E-state index contributed by atoms with van der Waals surface area (Å²) >= 11 is 6.04. The Bertz CT molecular complexity index is 1070. The van der Waals surface area contributed by atoms with Crippen molar-refractivity contribution in [2.24, 2.45) is 0 Å². The van der Waals surface area contributed by atoms with Crippen molar-refractivity contribution < 1.29 is 4.74 Å². The third-order valence-electron chi connectivity index (χ3n) is 4.86. The summed E-state index contributed by atoms with van der Waals surface area (Å²) in [6.45, 7) is 8.25. The van der Waals surface area contributed by atoms with Gasteiger partial charge in [-0.15, -0.1) is 0 Å². The first kappa shape index (κ1) is 23.0. The number of rotatable bonds is 7. The Labute approximate surface area is 189 Å². The van der Waals surface area contributed by atoms with Crippen LogP contribution in [0.4, 0.5) is 0 Å². The molecule has 0 spiro atoms. The van der Waals surface area contributed by atoms with Crippen molar-refractivity contribution in [3.63, 3.8) is 0 Å². The van der Waals surface area contributed by atoms with Crippen LogP contribution in [-0.2, 0) is 11.2 Å². The maximum absolute atomic E-state index is 6.04. The van der Waals surface area contributed by atoms with Gasteiger partial charge >= 0.3 is 0 Å². The van der Waals surface area contributed by atoms with E-state index in [9.17, 15) is 0 Å². The molecule has 0 amide bonds. The average Bonchev–Trinajstić information content (AvgIpc) is 3.20. The van der Waals surface area contributed by atoms with Gasteiger partial charge in [-0.25, -0.2) is 4.98 Å². The summed E-state index contributed by atoms with van der Waals surface area (Å²) in [4.78, 5) is 9.09. The molecule has 5 heteroatoms. The zero-order valence-corrected chi connectivity index (χ0v) is 19.3. The number of nitrogens with zero attached hydrogens (tertiary/aromatic N) is 3. The molecule has 2 aromatic heterocycles. The van der Waals surface area contributed by atoms with Crippen molar-refractivity contribution in [3.05, 3.63) is 77.6 Å². The summed E-state index contributed by atoms with van der Waals surface area (Å²) in [5.74, 6) is 0.906. The first-order valence-corrected chi connectivity index (χ1v) is 11.3. The number of benzene rings is 2. The number of halogens is 1. The third-order valence-corrected chi connectivity index (χ3v) is 5.11. The number of fused-ring (bicyclic) bond motifs is 1. The Hall–Kier alpha value is -2.69. The van der Waals surface area contributed by atoms with Gasteiger partial charge in [0.25, 0.3) is 0 Å². The number of ether oxygens (including phenoxy) is 1. The summed E-state index contributed by atoms with van der Waals surface area (Å²) in [5.41, 5.74) is 5.32. The van der Waals surface area contributed by atoms with Gasteiger partial charge in [-0.2, -0.15) is 0 Å². The highest BCUT2D eigenvalue weighted by atomic mass is 35.5. The van der Waals surface area contributed by atoms with E-state index in [4.69, 9.17) is 21.3 Å². The third kappa shape index (κ3) is 5.93. The van der Waals surface area contributed by atoms with E-state index in [1.165, 1.54) is 5.56 Å². The van der Waals surface area contributed by atoms with Crippen LogP contribution in [0.2, 0.25) is 5.02 Å². The molecular formula is C26H30ClN3O. The second-order valence-electron chi connectivity index (χ2n) is 7.27. The van der Waals surface area contributed by atoms with Crippen molar-refractivity contribution in [1.82, 2.24) is 14.5 Å². The summed E-state index contributed by atoms with van der Waals surface area (Å²) in [6, 6.07) is 18.3. The summed E-state index contributed by atoms with van der Waals surface area (Å²) in [5, 5.41) is 0.718. The van der Waals surface area contributed by atoms with E-state index in [-0.39, 0.29) is 0 Å². The van der Waals surface area contributed by atoms with Crippen LogP contribution in [0.5, 0.6) is 0 Å². The first-order valence-electron chi connectivity index (χ1n) is 10.9. The molecule has 4 rings (SSSR count). The van der Waals surface area contributed by atoms with Crippen LogP contribution in [0.3, 0.4) is 0 Å². The van der Waals surface area contributed by atoms with E-state index in [1.807, 2.05) is 36.5 Å². The molecule has 0 atom stereocenters. The molecule has 0 aliphatic rings. The molecule has 31 heavy (non-hydrogen) atoms. The zero-order chi connectivity index (χ0) is 22.1. The van der Waals surface area contributed by atoms with Crippen molar-refractivity contribution in [2.45, 2.75) is 40.0 Å². The Balaban J connectivity index is 0.000000339. The quantitative estimate of drug-likeness (QED) is 0.290. The highest BCUT2D eigenvalue weighted by molar-refractivity contribution is 6.30. The topological polar surface area (TPSA) is 39.9 Å². The Morgan fingerprint density at radius 3 is 2.16 bits per heavy atom. The highest BCUT2D eigenvalue weighted by Gasteiger charge is 2.14. The number of hydrogen-bond donors (Lipinski definition) is 0. The van der Waals surface area contributed by atoms with Gasteiger partial charge in [0.05, 0.1) is 17.2 Å². The van der Waals surface area contributed by atoms with Gasteiger partial charge in [0.1, 0.15) is 5.82 Å². The van der Waals surface area contributed by atoms with E-state index < -0.39 is 0 Å². The Kier molecular flexibility index (Phi) is 8.63. The van der Waals surface area contributed by atoms with Crippen molar-refractivity contribution in [3.8, 4) is 17.1 Å². The van der Waals surface area contributed by atoms with Gasteiger partial charge in [-0.3, -0.25) is 9.55 Å². The van der Waals surface area contributed by atoms with E-state index in [0.717, 1.165) is 65.6 Å². The normalized spacial score (nSPS) is 10.7. The Morgan fingerprint density at radius 2 is 1.55 bits per heavy atom. The van der Waals surface area contributed by atoms with Crippen molar-refractivity contribution in [2.75, 3.05) is 13.2 Å². The van der Waals surface area contributed by atoms with Crippen LogP contribution >= 0.6 is 11.6 Å². The monoisotopic (exact) mass is 435 g/mol. The molecule has 0 aliphatic heterocycles. The molecule has 0 bridgehead atoms. The molecular weight excluding hydrogens is 406 g/mol. The van der Waals surface area contributed by atoms with Crippen LogP contribution in [0.25, 0.3) is 28.1 Å². The Morgan fingerprint density at radius 1 is 0.871 bits per heavy atom. The van der Waals surface area contributed by atoms with Gasteiger partial charge in [0.2, 0.25) is 0 Å². The molecule has 0 unspecified atom stereocenters. The van der Waals surface area contributed by atoms with Gasteiger partial charge < -0.3 is 4.74 Å². The molecule has 4 nitrogen and oxygen atoms in total. The fraction of sp³-hybridized carbons (Fsp3) is 0.308. The molecule has 0 saturated carbocycles. The minimum atomic E-state index is 0.718. The van der Waals surface area contributed by atoms with Crippen LogP contribution in [0.1, 0.15) is 39.2 Å². The standard InChI is InChI=1S/C20H16ClN3.C6H14O/c1-2-14-3-5-15(6-4-14)20-23-18-11-12-22-13-19(18)24(20)17-9-7-16(21)8-10-17;1-3-5-7-6-4-2/h3-13H,2H2,1H3;3-6H2,1-2H3. The fourth-order valence-electron chi connectivity index (χ4n) is 3.25. The lowest BCUT2D eigenvalue weighted by molar-refractivity contribution is 0.135. The molecule has 0 radical (unpaired) electrons. The summed E-state index contributed by atoms with van der Waals surface area (Å²) in [7, 11) is 0. The summed E-state index contributed by atoms with van der Waals surface area (Å²) in [6.07, 6.45) is 6.92. The molecule has 0 N–H and O–H groups in total. The number of aryl methyl sites for hydroxylation is 1. The van der Waals surface area contributed by atoms with Gasteiger partial charge in [0, 0.05) is 35.7 Å². The fourth-order valence-corrected chi connectivity index (χ4v) is 3.38. The number of hydrogen-bond acceptors (Lipinski definition) is 3. The van der Waals surface area contributed by atoms with Gasteiger partial charge in [-0.05, 0) is 55.2 Å². The number of pyridine rings is 1. The van der Waals surface area contributed by atoms with Crippen molar-refractivity contribution >= 4 is 22.6 Å². The van der Waals surface area contributed by atoms with Crippen molar-refractivity contribution in [1.29, 1.82) is 0 Å². The van der Waals surface area contributed by atoms with E-state index in [1.54, 1.807) is 6.20 Å². The maximum Gasteiger partial charge on any atom is 0.145 e. The maximum atomic E-state index is 6.04. The molecule has 0 saturated heterocycles. The van der Waals surface area contributed by atoms with Crippen LogP contribution in [-0.4, -0.2) is 27.7 Å². The van der Waals surface area contributed by atoms with Crippen LogP contribution in [0, 0.1) is 0 Å². The van der Waals surface area contributed by atoms with Crippen LogP contribution < -0.4 is 0 Å². The molecule has 2 aromatic carbocycles. The molecule has 4 aromatic rings. The molecule has 2 heterocycles. The number of aromatic nitrogens is 3. The lowest BCUT2D eigenvalue weighted by Gasteiger charge is -2.10. The lowest BCUT2D eigenvalue weighted by Crippen LogP contribution is -1.97. The minimum absolute atomic E-state index is 0.718. The zero-order valence-electron chi connectivity index (χ0n) is 18.5. The predicted molar refractivity (Wildman–Crippen MR) is 130 cm³/mol. The summed E-state index contributed by atoms with van der Waals surface area (Å²) < 4.78 is 7.26. The second-order valence-corrected chi connectivity index (χ2v) is 7.71. The highest BCUT2D eigenvalue weighted by Crippen LogP contribution is 2.29. The minimum Gasteiger partial charge on any atom is -0.381 e. The molecule has 0 fully saturated rings. The van der Waals surface area contributed by atoms with E-state index in [0.29, 0.717) is 0 Å². The van der Waals surface area contributed by atoms with E-state index in [2.05, 4.69) is 54.6 Å². The predicted octanol–water partition coefficient (Wildman–Crippen LogP) is 7.13. The average molecular weight is 436 g/mol. The van der Waals surface area contributed by atoms with Gasteiger partial charge in [-0.1, -0.05) is 56.6 Å². The first-order chi connectivity index (χ1) is 15.2. The SMILES string of the molecule is CCCOCCC.CCc1ccc(-c2nc3ccncc3n2-c2ccc(Cl)cc2)cc1.